The fourth-order valence-corrected chi connectivity index (χ4v) is 3.87. The summed E-state index contributed by atoms with van der Waals surface area (Å²) in [6.45, 7) is 2.84. The highest BCUT2D eigenvalue weighted by Crippen LogP contribution is 2.28. The Bertz CT molecular complexity index is 700. The van der Waals surface area contributed by atoms with Crippen molar-refractivity contribution in [2.45, 2.75) is 64.0 Å². The fraction of sp³-hybridized carbons (Fsp3) is 0.600. The van der Waals surface area contributed by atoms with Crippen LogP contribution in [0.4, 0.5) is 4.79 Å². The molecule has 0 aliphatic carbocycles. The molecule has 28 heavy (non-hydrogen) atoms. The van der Waals surface area contributed by atoms with Crippen LogP contribution >= 0.6 is 0 Å². The van der Waals surface area contributed by atoms with Gasteiger partial charge in [0.05, 0.1) is 12.1 Å². The molecule has 2 aliphatic heterocycles. The van der Waals surface area contributed by atoms with Crippen molar-refractivity contribution < 1.29 is 29.0 Å². The van der Waals surface area contributed by atoms with Crippen LogP contribution in [-0.4, -0.2) is 54.2 Å². The minimum absolute atomic E-state index is 0.170. The quantitative estimate of drug-likeness (QED) is 0.723. The third-order valence-corrected chi connectivity index (χ3v) is 5.44. The molecule has 1 fully saturated rings. The number of fused-ring (bicyclic) bond motifs is 1. The number of hydroxylamine groups is 1. The van der Waals surface area contributed by atoms with E-state index in [0.29, 0.717) is 18.6 Å². The van der Waals surface area contributed by atoms with Crippen LogP contribution < -0.4 is 5.48 Å². The van der Waals surface area contributed by atoms with Gasteiger partial charge < -0.3 is 14.6 Å². The number of nitrogens with one attached hydrogen (secondary N) is 1. The van der Waals surface area contributed by atoms with Gasteiger partial charge >= 0.3 is 6.09 Å². The van der Waals surface area contributed by atoms with E-state index in [1.165, 1.54) is 4.90 Å². The monoisotopic (exact) mass is 392 g/mol. The molecule has 0 aromatic heterocycles. The zero-order valence-electron chi connectivity index (χ0n) is 16.3. The summed E-state index contributed by atoms with van der Waals surface area (Å²) < 4.78 is 10.9. The number of carbonyl (C=O) groups excluding carboxylic acids is 1. The number of rotatable bonds is 6. The molecule has 2 heterocycles. The van der Waals surface area contributed by atoms with Crippen molar-refractivity contribution in [2.24, 2.45) is 0 Å². The summed E-state index contributed by atoms with van der Waals surface area (Å²) in [4.78, 5) is 30.9. The molecule has 1 saturated heterocycles. The van der Waals surface area contributed by atoms with Crippen molar-refractivity contribution in [3.8, 4) is 0 Å². The number of nitrogens with zero attached hydrogens (tertiary/aromatic N) is 1. The third-order valence-electron chi connectivity index (χ3n) is 5.44. The minimum atomic E-state index is -0.987. The molecule has 8 nitrogen and oxygen atoms in total. The fourth-order valence-electron chi connectivity index (χ4n) is 3.87. The summed E-state index contributed by atoms with van der Waals surface area (Å²) in [6, 6.07) is 5.11. The molecule has 0 spiro atoms. The molecule has 3 atom stereocenters. The second-order valence-electron chi connectivity index (χ2n) is 7.19. The SMILES string of the molecule is CCC(OC)C1Cc2ccc(C(=O)NOC3CCCCO3)cc2CN1C(=O)O. The Balaban J connectivity index is 1.71. The first kappa shape index (κ1) is 20.6. The van der Waals surface area contributed by atoms with Gasteiger partial charge in [0, 0.05) is 32.2 Å². The van der Waals surface area contributed by atoms with Gasteiger partial charge in [-0.1, -0.05) is 13.0 Å². The molecule has 154 valence electrons. The average Bonchev–Trinajstić information content (AvgIpc) is 2.72. The normalized spacial score (nSPS) is 23.0. The molecule has 3 rings (SSSR count). The van der Waals surface area contributed by atoms with Crippen LogP contribution in [0, 0.1) is 0 Å². The summed E-state index contributed by atoms with van der Waals surface area (Å²) in [7, 11) is 1.60. The highest BCUT2D eigenvalue weighted by molar-refractivity contribution is 5.93. The Hall–Kier alpha value is -2.16. The van der Waals surface area contributed by atoms with Gasteiger partial charge in [0.1, 0.15) is 0 Å². The molecule has 3 unspecified atom stereocenters. The standard InChI is InChI=1S/C20H28N2O6/c1-3-17(26-2)16-11-13-7-8-14(10-15(13)12-22(16)20(24)25)19(23)21-28-18-6-4-5-9-27-18/h7-8,10,16-18H,3-6,9,11-12H2,1-2H3,(H,21,23)(H,24,25). The highest BCUT2D eigenvalue weighted by atomic mass is 16.8. The predicted molar refractivity (Wildman–Crippen MR) is 101 cm³/mol. The van der Waals surface area contributed by atoms with E-state index in [1.807, 2.05) is 13.0 Å². The molecular formula is C20H28N2O6. The first-order chi connectivity index (χ1) is 13.5. The minimum Gasteiger partial charge on any atom is -0.465 e. The van der Waals surface area contributed by atoms with Gasteiger partial charge in [-0.15, -0.1) is 0 Å². The highest BCUT2D eigenvalue weighted by Gasteiger charge is 2.35. The van der Waals surface area contributed by atoms with Gasteiger partial charge in [-0.2, -0.15) is 0 Å². The molecule has 8 heteroatoms. The maximum absolute atomic E-state index is 12.4. The molecule has 0 radical (unpaired) electrons. The maximum atomic E-state index is 12.4. The topological polar surface area (TPSA) is 97.3 Å². The Morgan fingerprint density at radius 1 is 1.36 bits per heavy atom. The number of hydrogen-bond acceptors (Lipinski definition) is 5. The van der Waals surface area contributed by atoms with Gasteiger partial charge in [-0.3, -0.25) is 9.69 Å². The zero-order valence-corrected chi connectivity index (χ0v) is 16.3. The zero-order chi connectivity index (χ0) is 20.1. The number of hydrogen-bond donors (Lipinski definition) is 2. The van der Waals surface area contributed by atoms with Gasteiger partial charge in [0.25, 0.3) is 5.91 Å². The second-order valence-corrected chi connectivity index (χ2v) is 7.19. The lowest BCUT2D eigenvalue weighted by atomic mass is 9.89. The summed E-state index contributed by atoms with van der Waals surface area (Å²) >= 11 is 0. The van der Waals surface area contributed by atoms with Crippen molar-refractivity contribution in [3.63, 3.8) is 0 Å². The number of carboxylic acid groups (broad SMARTS) is 1. The molecule has 2 amide bonds. The van der Waals surface area contributed by atoms with Crippen molar-refractivity contribution in [2.75, 3.05) is 13.7 Å². The Kier molecular flexibility index (Phi) is 6.88. The van der Waals surface area contributed by atoms with E-state index in [4.69, 9.17) is 14.3 Å². The Morgan fingerprint density at radius 3 is 2.82 bits per heavy atom. The van der Waals surface area contributed by atoms with Crippen molar-refractivity contribution in [1.82, 2.24) is 10.4 Å². The van der Waals surface area contributed by atoms with Gasteiger partial charge in [-0.25, -0.2) is 15.1 Å². The Labute approximate surface area is 164 Å². The van der Waals surface area contributed by atoms with Crippen LogP contribution in [0.15, 0.2) is 18.2 Å². The average molecular weight is 392 g/mol. The largest absolute Gasteiger partial charge is 0.465 e. The van der Waals surface area contributed by atoms with E-state index in [0.717, 1.165) is 36.8 Å². The summed E-state index contributed by atoms with van der Waals surface area (Å²) in [5.41, 5.74) is 4.73. The molecular weight excluding hydrogens is 364 g/mol. The lowest BCUT2D eigenvalue weighted by molar-refractivity contribution is -0.186. The van der Waals surface area contributed by atoms with E-state index < -0.39 is 12.4 Å². The maximum Gasteiger partial charge on any atom is 0.407 e. The van der Waals surface area contributed by atoms with Crippen molar-refractivity contribution in [3.05, 3.63) is 34.9 Å². The number of ether oxygens (including phenoxy) is 2. The molecule has 2 N–H and O–H groups in total. The first-order valence-electron chi connectivity index (χ1n) is 9.75. The number of amides is 2. The van der Waals surface area contributed by atoms with Gasteiger partial charge in [-0.05, 0) is 48.9 Å². The van der Waals surface area contributed by atoms with Crippen LogP contribution in [0.5, 0.6) is 0 Å². The molecule has 1 aromatic rings. The smallest absolute Gasteiger partial charge is 0.407 e. The first-order valence-corrected chi connectivity index (χ1v) is 9.75. The van der Waals surface area contributed by atoms with E-state index in [-0.39, 0.29) is 24.6 Å². The van der Waals surface area contributed by atoms with Crippen molar-refractivity contribution in [1.29, 1.82) is 0 Å². The Morgan fingerprint density at radius 2 is 2.18 bits per heavy atom. The number of benzene rings is 1. The summed E-state index contributed by atoms with van der Waals surface area (Å²) in [5, 5.41) is 9.64. The summed E-state index contributed by atoms with van der Waals surface area (Å²) in [5.74, 6) is -0.371. The van der Waals surface area contributed by atoms with Crippen LogP contribution in [0.25, 0.3) is 0 Å². The third kappa shape index (κ3) is 4.63. The van der Waals surface area contributed by atoms with Crippen LogP contribution in [-0.2, 0) is 27.3 Å². The molecule has 0 saturated carbocycles. The van der Waals surface area contributed by atoms with E-state index in [2.05, 4.69) is 5.48 Å². The summed E-state index contributed by atoms with van der Waals surface area (Å²) in [6.07, 6.45) is 2.46. The van der Waals surface area contributed by atoms with Crippen LogP contribution in [0.1, 0.15) is 54.1 Å². The van der Waals surface area contributed by atoms with Crippen molar-refractivity contribution >= 4 is 12.0 Å². The van der Waals surface area contributed by atoms with Gasteiger partial charge in [0.15, 0.2) is 6.29 Å². The second kappa shape index (κ2) is 9.36. The number of carbonyl (C=O) groups is 2. The van der Waals surface area contributed by atoms with E-state index >= 15 is 0 Å². The molecule has 1 aromatic carbocycles. The molecule has 0 bridgehead atoms. The van der Waals surface area contributed by atoms with Crippen LogP contribution in [0.2, 0.25) is 0 Å². The van der Waals surface area contributed by atoms with Crippen LogP contribution in [0.3, 0.4) is 0 Å². The molecule has 2 aliphatic rings. The predicted octanol–water partition coefficient (Wildman–Crippen LogP) is 2.70. The lowest BCUT2D eigenvalue weighted by Gasteiger charge is -2.38. The number of methoxy groups -OCH3 is 1. The van der Waals surface area contributed by atoms with Gasteiger partial charge in [0.2, 0.25) is 0 Å². The van der Waals surface area contributed by atoms with E-state index in [9.17, 15) is 14.7 Å². The lowest BCUT2D eigenvalue weighted by Crippen LogP contribution is -2.50. The van der Waals surface area contributed by atoms with E-state index in [1.54, 1.807) is 19.2 Å².